The van der Waals surface area contributed by atoms with Gasteiger partial charge in [0.15, 0.2) is 5.41 Å². The van der Waals surface area contributed by atoms with E-state index < -0.39 is 11.4 Å². The first-order valence-electron chi connectivity index (χ1n) is 6.28. The van der Waals surface area contributed by atoms with Gasteiger partial charge in [-0.3, -0.25) is 9.59 Å². The summed E-state index contributed by atoms with van der Waals surface area (Å²) >= 11 is 0. The van der Waals surface area contributed by atoms with Crippen molar-refractivity contribution in [3.63, 3.8) is 0 Å². The fourth-order valence-electron chi connectivity index (χ4n) is 2.90. The predicted molar refractivity (Wildman–Crippen MR) is 61.2 cm³/mol. The highest BCUT2D eigenvalue weighted by molar-refractivity contribution is 6.01. The zero-order valence-electron chi connectivity index (χ0n) is 10.7. The summed E-state index contributed by atoms with van der Waals surface area (Å²) in [5.41, 5.74) is -0.895. The van der Waals surface area contributed by atoms with E-state index in [0.717, 1.165) is 12.8 Å². The van der Waals surface area contributed by atoms with Crippen LogP contribution >= 0.6 is 0 Å². The number of hydrogen-bond donors (Lipinski definition) is 0. The minimum atomic E-state index is -1.02. The molecular formula is C13H20O4. The van der Waals surface area contributed by atoms with Gasteiger partial charge in [0, 0.05) is 6.42 Å². The lowest BCUT2D eigenvalue weighted by molar-refractivity contribution is -0.166. The average molecular weight is 240 g/mol. The van der Waals surface area contributed by atoms with E-state index in [0.29, 0.717) is 19.4 Å². The summed E-state index contributed by atoms with van der Waals surface area (Å²) in [5.74, 6) is -0.776. The van der Waals surface area contributed by atoms with Crippen LogP contribution in [0.5, 0.6) is 0 Å². The van der Waals surface area contributed by atoms with Crippen LogP contribution in [0.25, 0.3) is 0 Å². The zero-order valence-corrected chi connectivity index (χ0v) is 10.7. The molecule has 0 unspecified atom stereocenters. The SMILES string of the molecule is CCOC(=O)[C@@]12CCC(C)(C)C[C@@H](C1)OC2=O. The third kappa shape index (κ3) is 2.05. The second kappa shape index (κ2) is 4.00. The van der Waals surface area contributed by atoms with E-state index in [1.807, 2.05) is 0 Å². The van der Waals surface area contributed by atoms with Crippen molar-refractivity contribution in [3.05, 3.63) is 0 Å². The van der Waals surface area contributed by atoms with Gasteiger partial charge in [-0.2, -0.15) is 0 Å². The number of hydrogen-bond acceptors (Lipinski definition) is 4. The number of carbonyl (C=O) groups excluding carboxylic acids is 2. The molecule has 2 atom stereocenters. The van der Waals surface area contributed by atoms with Gasteiger partial charge in [0.05, 0.1) is 6.61 Å². The van der Waals surface area contributed by atoms with Crippen LogP contribution in [-0.2, 0) is 19.1 Å². The van der Waals surface area contributed by atoms with E-state index in [1.165, 1.54) is 0 Å². The predicted octanol–water partition coefficient (Wildman–Crippen LogP) is 2.06. The first kappa shape index (κ1) is 12.4. The smallest absolute Gasteiger partial charge is 0.323 e. The van der Waals surface area contributed by atoms with Crippen LogP contribution in [-0.4, -0.2) is 24.6 Å². The second-order valence-electron chi connectivity index (χ2n) is 5.90. The molecule has 96 valence electrons. The maximum Gasteiger partial charge on any atom is 0.323 e. The summed E-state index contributed by atoms with van der Waals surface area (Å²) in [7, 11) is 0. The molecule has 1 heterocycles. The molecule has 0 N–H and O–H groups in total. The topological polar surface area (TPSA) is 52.6 Å². The molecule has 1 saturated heterocycles. The van der Waals surface area contributed by atoms with Gasteiger partial charge in [0.1, 0.15) is 6.10 Å². The van der Waals surface area contributed by atoms with Crippen molar-refractivity contribution in [2.75, 3.05) is 6.61 Å². The van der Waals surface area contributed by atoms with Crippen molar-refractivity contribution in [1.82, 2.24) is 0 Å². The van der Waals surface area contributed by atoms with Gasteiger partial charge in [0.2, 0.25) is 0 Å². The van der Waals surface area contributed by atoms with Gasteiger partial charge in [-0.15, -0.1) is 0 Å². The van der Waals surface area contributed by atoms with Crippen LogP contribution in [0, 0.1) is 10.8 Å². The molecule has 4 nitrogen and oxygen atoms in total. The van der Waals surface area contributed by atoms with Gasteiger partial charge in [-0.1, -0.05) is 13.8 Å². The van der Waals surface area contributed by atoms with E-state index in [4.69, 9.17) is 9.47 Å². The average Bonchev–Trinajstić information content (AvgIpc) is 2.44. The molecule has 0 amide bonds. The summed E-state index contributed by atoms with van der Waals surface area (Å²) in [6, 6.07) is 0. The van der Waals surface area contributed by atoms with Gasteiger partial charge in [-0.25, -0.2) is 0 Å². The Labute approximate surface area is 102 Å². The fraction of sp³-hybridized carbons (Fsp3) is 0.846. The van der Waals surface area contributed by atoms with Crippen LogP contribution < -0.4 is 0 Å². The van der Waals surface area contributed by atoms with E-state index in [-0.39, 0.29) is 17.5 Å². The van der Waals surface area contributed by atoms with Gasteiger partial charge < -0.3 is 9.47 Å². The maximum absolute atomic E-state index is 12.0. The highest BCUT2D eigenvalue weighted by Gasteiger charge is 2.58. The van der Waals surface area contributed by atoms with E-state index in [9.17, 15) is 9.59 Å². The Morgan fingerprint density at radius 3 is 2.76 bits per heavy atom. The lowest BCUT2D eigenvalue weighted by Gasteiger charge is -2.28. The third-order valence-electron chi connectivity index (χ3n) is 3.92. The number of ether oxygens (including phenoxy) is 2. The van der Waals surface area contributed by atoms with Crippen molar-refractivity contribution in [1.29, 1.82) is 0 Å². The van der Waals surface area contributed by atoms with Crippen molar-refractivity contribution in [2.24, 2.45) is 10.8 Å². The summed E-state index contributed by atoms with van der Waals surface area (Å²) in [6.07, 6.45) is 2.61. The van der Waals surface area contributed by atoms with E-state index in [1.54, 1.807) is 6.92 Å². The number of rotatable bonds is 2. The third-order valence-corrected chi connectivity index (χ3v) is 3.92. The van der Waals surface area contributed by atoms with Crippen LogP contribution in [0.3, 0.4) is 0 Å². The number of carbonyl (C=O) groups is 2. The Morgan fingerprint density at radius 2 is 2.12 bits per heavy atom. The summed E-state index contributed by atoms with van der Waals surface area (Å²) < 4.78 is 10.4. The molecule has 2 aliphatic rings. The molecule has 0 radical (unpaired) electrons. The van der Waals surface area contributed by atoms with E-state index in [2.05, 4.69) is 13.8 Å². The molecule has 1 aliphatic heterocycles. The lowest BCUT2D eigenvalue weighted by atomic mass is 9.79. The normalized spacial score (nSPS) is 35.0. The quantitative estimate of drug-likeness (QED) is 0.547. The first-order chi connectivity index (χ1) is 7.89. The van der Waals surface area contributed by atoms with Gasteiger partial charge in [0.25, 0.3) is 0 Å². The highest BCUT2D eigenvalue weighted by atomic mass is 16.6. The Morgan fingerprint density at radius 1 is 1.41 bits per heavy atom. The lowest BCUT2D eigenvalue weighted by Crippen LogP contribution is -2.38. The largest absolute Gasteiger partial charge is 0.465 e. The Hall–Kier alpha value is -1.06. The van der Waals surface area contributed by atoms with Crippen molar-refractivity contribution < 1.29 is 19.1 Å². The molecule has 0 spiro atoms. The molecule has 2 rings (SSSR count). The maximum atomic E-state index is 12.0. The standard InChI is InChI=1S/C13H20O4/c1-4-16-10(14)13-6-5-12(2,3)7-9(8-13)17-11(13)15/h9H,4-8H2,1-3H3/t9-,13+/m0/s1. The summed E-state index contributed by atoms with van der Waals surface area (Å²) in [4.78, 5) is 24.0. The monoisotopic (exact) mass is 240 g/mol. The van der Waals surface area contributed by atoms with Crippen LogP contribution in [0.1, 0.15) is 46.5 Å². The van der Waals surface area contributed by atoms with Crippen LogP contribution in [0.15, 0.2) is 0 Å². The minimum absolute atomic E-state index is 0.121. The molecule has 1 aliphatic carbocycles. The zero-order chi connectivity index (χ0) is 12.7. The molecular weight excluding hydrogens is 220 g/mol. The van der Waals surface area contributed by atoms with Crippen molar-refractivity contribution >= 4 is 11.9 Å². The van der Waals surface area contributed by atoms with E-state index >= 15 is 0 Å². The molecule has 2 fully saturated rings. The fourth-order valence-corrected chi connectivity index (χ4v) is 2.90. The molecule has 2 bridgehead atoms. The Bertz CT molecular complexity index is 347. The van der Waals surface area contributed by atoms with Gasteiger partial charge in [-0.05, 0) is 31.6 Å². The molecule has 0 aromatic rings. The minimum Gasteiger partial charge on any atom is -0.465 e. The molecule has 4 heteroatoms. The van der Waals surface area contributed by atoms with Crippen molar-refractivity contribution in [2.45, 2.75) is 52.6 Å². The van der Waals surface area contributed by atoms with Crippen LogP contribution in [0.2, 0.25) is 0 Å². The van der Waals surface area contributed by atoms with Crippen molar-refractivity contribution in [3.8, 4) is 0 Å². The summed E-state index contributed by atoms with van der Waals surface area (Å²) in [6.45, 7) is 6.37. The first-order valence-corrected chi connectivity index (χ1v) is 6.28. The second-order valence-corrected chi connectivity index (χ2v) is 5.90. The van der Waals surface area contributed by atoms with Crippen LogP contribution in [0.4, 0.5) is 0 Å². The molecule has 17 heavy (non-hydrogen) atoms. The Kier molecular flexibility index (Phi) is 2.92. The molecule has 1 saturated carbocycles. The van der Waals surface area contributed by atoms with Gasteiger partial charge >= 0.3 is 11.9 Å². The molecule has 0 aromatic heterocycles. The summed E-state index contributed by atoms with van der Waals surface area (Å²) in [5, 5.41) is 0. The number of fused-ring (bicyclic) bond motifs is 2. The molecule has 0 aromatic carbocycles. The highest BCUT2D eigenvalue weighted by Crippen LogP contribution is 2.49. The number of esters is 2. The Balaban J connectivity index is 2.26.